The first-order valence-electron chi connectivity index (χ1n) is 9.89. The van der Waals surface area contributed by atoms with E-state index in [1.54, 1.807) is 37.3 Å². The molecular formula is C23H28N2O4. The molecular weight excluding hydrogens is 368 g/mol. The highest BCUT2D eigenvalue weighted by atomic mass is 16.5. The normalized spacial score (nSPS) is 18.6. The van der Waals surface area contributed by atoms with Gasteiger partial charge in [0, 0.05) is 30.6 Å². The van der Waals surface area contributed by atoms with Crippen molar-refractivity contribution in [1.29, 1.82) is 0 Å². The Morgan fingerprint density at radius 3 is 2.21 bits per heavy atom. The van der Waals surface area contributed by atoms with Crippen molar-refractivity contribution in [3.8, 4) is 11.5 Å². The highest BCUT2D eigenvalue weighted by Crippen LogP contribution is 2.34. The Morgan fingerprint density at radius 1 is 0.931 bits per heavy atom. The molecule has 0 aliphatic heterocycles. The van der Waals surface area contributed by atoms with Crippen molar-refractivity contribution in [3.05, 3.63) is 48.5 Å². The fourth-order valence-corrected chi connectivity index (χ4v) is 3.80. The van der Waals surface area contributed by atoms with Crippen LogP contribution >= 0.6 is 0 Å². The Balaban J connectivity index is 1.58. The molecule has 1 aliphatic carbocycles. The maximum Gasteiger partial charge on any atom is 0.229 e. The first kappa shape index (κ1) is 20.7. The monoisotopic (exact) mass is 396 g/mol. The van der Waals surface area contributed by atoms with Crippen molar-refractivity contribution >= 4 is 23.2 Å². The van der Waals surface area contributed by atoms with E-state index < -0.39 is 0 Å². The SMILES string of the molecule is COc1ccc(OC)c(NC(=O)C2CCC(C(=O)N(C)c3ccccc3)CC2)c1. The standard InChI is InChI=1S/C23H28N2O4/c1-25(18-7-5-4-6-8-18)23(27)17-11-9-16(10-12-17)22(26)24-20-15-19(28-2)13-14-21(20)29-3/h4-8,13-17H,9-12H2,1-3H3,(H,24,26). The van der Waals surface area contributed by atoms with Gasteiger partial charge in [-0.05, 0) is 49.9 Å². The zero-order chi connectivity index (χ0) is 20.8. The van der Waals surface area contributed by atoms with Gasteiger partial charge in [0.1, 0.15) is 11.5 Å². The number of methoxy groups -OCH3 is 2. The molecule has 0 spiro atoms. The number of carbonyl (C=O) groups is 2. The van der Waals surface area contributed by atoms with Gasteiger partial charge in [0.15, 0.2) is 0 Å². The third-order valence-corrected chi connectivity index (χ3v) is 5.59. The predicted octanol–water partition coefficient (Wildman–Crippen LogP) is 4.11. The van der Waals surface area contributed by atoms with Crippen LogP contribution in [0.1, 0.15) is 25.7 Å². The quantitative estimate of drug-likeness (QED) is 0.798. The minimum Gasteiger partial charge on any atom is -0.497 e. The van der Waals surface area contributed by atoms with E-state index in [0.29, 0.717) is 42.9 Å². The summed E-state index contributed by atoms with van der Waals surface area (Å²) in [7, 11) is 4.96. The van der Waals surface area contributed by atoms with E-state index in [9.17, 15) is 9.59 Å². The molecule has 1 fully saturated rings. The molecule has 0 heterocycles. The van der Waals surface area contributed by atoms with E-state index in [0.717, 1.165) is 5.69 Å². The summed E-state index contributed by atoms with van der Waals surface area (Å²) in [6, 6.07) is 14.9. The van der Waals surface area contributed by atoms with Gasteiger partial charge in [-0.15, -0.1) is 0 Å². The number of hydrogen-bond acceptors (Lipinski definition) is 4. The number of benzene rings is 2. The first-order chi connectivity index (χ1) is 14.0. The summed E-state index contributed by atoms with van der Waals surface area (Å²) in [5, 5.41) is 2.96. The van der Waals surface area contributed by atoms with E-state index in [1.165, 1.54) is 0 Å². The summed E-state index contributed by atoms with van der Waals surface area (Å²) in [4.78, 5) is 27.3. The van der Waals surface area contributed by atoms with E-state index in [-0.39, 0.29) is 23.7 Å². The summed E-state index contributed by atoms with van der Waals surface area (Å²) in [5.41, 5.74) is 1.49. The number of nitrogens with one attached hydrogen (secondary N) is 1. The van der Waals surface area contributed by atoms with Gasteiger partial charge in [0.25, 0.3) is 0 Å². The minimum absolute atomic E-state index is 0.0427. The summed E-state index contributed by atoms with van der Waals surface area (Å²) in [5.74, 6) is 1.16. The Kier molecular flexibility index (Phi) is 6.75. The second-order valence-electron chi connectivity index (χ2n) is 7.34. The third-order valence-electron chi connectivity index (χ3n) is 5.59. The highest BCUT2D eigenvalue weighted by Gasteiger charge is 2.32. The number of hydrogen-bond donors (Lipinski definition) is 1. The van der Waals surface area contributed by atoms with Crippen LogP contribution in [0.3, 0.4) is 0 Å². The average molecular weight is 396 g/mol. The van der Waals surface area contributed by atoms with Gasteiger partial charge in [0.2, 0.25) is 11.8 Å². The maximum atomic E-state index is 12.8. The minimum atomic E-state index is -0.114. The van der Waals surface area contributed by atoms with Crippen LogP contribution < -0.4 is 19.7 Å². The van der Waals surface area contributed by atoms with Crippen LogP contribution in [0.4, 0.5) is 11.4 Å². The molecule has 3 rings (SSSR count). The van der Waals surface area contributed by atoms with Crippen LogP contribution in [0.5, 0.6) is 11.5 Å². The molecule has 0 aromatic heterocycles. The Labute approximate surface area is 171 Å². The van der Waals surface area contributed by atoms with Crippen molar-refractivity contribution in [3.63, 3.8) is 0 Å². The van der Waals surface area contributed by atoms with Crippen LogP contribution in [0, 0.1) is 11.8 Å². The molecule has 154 valence electrons. The predicted molar refractivity (Wildman–Crippen MR) is 113 cm³/mol. The number of ether oxygens (including phenoxy) is 2. The average Bonchev–Trinajstić information content (AvgIpc) is 2.78. The van der Waals surface area contributed by atoms with E-state index >= 15 is 0 Å². The number of carbonyl (C=O) groups excluding carboxylic acids is 2. The lowest BCUT2D eigenvalue weighted by atomic mass is 9.81. The Hall–Kier alpha value is -3.02. The molecule has 0 unspecified atom stereocenters. The van der Waals surface area contributed by atoms with E-state index in [2.05, 4.69) is 5.32 Å². The van der Waals surface area contributed by atoms with Crippen molar-refractivity contribution in [2.45, 2.75) is 25.7 Å². The topological polar surface area (TPSA) is 67.9 Å². The number of amides is 2. The molecule has 1 N–H and O–H groups in total. The van der Waals surface area contributed by atoms with Crippen molar-refractivity contribution in [2.75, 3.05) is 31.5 Å². The van der Waals surface area contributed by atoms with E-state index in [1.807, 2.05) is 37.4 Å². The lowest BCUT2D eigenvalue weighted by molar-refractivity contribution is -0.126. The fraction of sp³-hybridized carbons (Fsp3) is 0.391. The molecule has 1 aliphatic rings. The summed E-state index contributed by atoms with van der Waals surface area (Å²) >= 11 is 0. The van der Waals surface area contributed by atoms with E-state index in [4.69, 9.17) is 9.47 Å². The zero-order valence-electron chi connectivity index (χ0n) is 17.2. The molecule has 6 nitrogen and oxygen atoms in total. The van der Waals surface area contributed by atoms with Crippen molar-refractivity contribution in [2.24, 2.45) is 11.8 Å². The van der Waals surface area contributed by atoms with Gasteiger partial charge in [-0.25, -0.2) is 0 Å². The summed E-state index contributed by atoms with van der Waals surface area (Å²) in [6.45, 7) is 0. The molecule has 2 aromatic carbocycles. The number of anilines is 2. The lowest BCUT2D eigenvalue weighted by Crippen LogP contribution is -2.36. The molecule has 1 saturated carbocycles. The molecule has 0 atom stereocenters. The smallest absolute Gasteiger partial charge is 0.229 e. The third kappa shape index (κ3) is 4.88. The summed E-state index contributed by atoms with van der Waals surface area (Å²) in [6.07, 6.45) is 2.81. The number of para-hydroxylation sites is 1. The molecule has 6 heteroatoms. The van der Waals surface area contributed by atoms with Gasteiger partial charge >= 0.3 is 0 Å². The van der Waals surface area contributed by atoms with Crippen molar-refractivity contribution in [1.82, 2.24) is 0 Å². The van der Waals surface area contributed by atoms with Crippen molar-refractivity contribution < 1.29 is 19.1 Å². The molecule has 0 bridgehead atoms. The highest BCUT2D eigenvalue weighted by molar-refractivity contribution is 5.96. The van der Waals surface area contributed by atoms with Crippen LogP contribution in [0.25, 0.3) is 0 Å². The molecule has 0 saturated heterocycles. The number of nitrogens with zero attached hydrogens (tertiary/aromatic N) is 1. The van der Waals surface area contributed by atoms with Gasteiger partial charge in [-0.3, -0.25) is 9.59 Å². The van der Waals surface area contributed by atoms with Gasteiger partial charge in [0.05, 0.1) is 19.9 Å². The molecule has 29 heavy (non-hydrogen) atoms. The van der Waals surface area contributed by atoms with Crippen LogP contribution in [0.2, 0.25) is 0 Å². The van der Waals surface area contributed by atoms with Gasteiger partial charge in [-0.2, -0.15) is 0 Å². The molecule has 2 amide bonds. The van der Waals surface area contributed by atoms with Crippen LogP contribution in [-0.4, -0.2) is 33.1 Å². The second-order valence-corrected chi connectivity index (χ2v) is 7.34. The summed E-state index contributed by atoms with van der Waals surface area (Å²) < 4.78 is 10.6. The van der Waals surface area contributed by atoms with Gasteiger partial charge < -0.3 is 19.7 Å². The largest absolute Gasteiger partial charge is 0.497 e. The van der Waals surface area contributed by atoms with Crippen LogP contribution in [-0.2, 0) is 9.59 Å². The van der Waals surface area contributed by atoms with Gasteiger partial charge in [-0.1, -0.05) is 18.2 Å². The fourth-order valence-electron chi connectivity index (χ4n) is 3.80. The zero-order valence-corrected chi connectivity index (χ0v) is 17.2. The Morgan fingerprint density at radius 2 is 1.59 bits per heavy atom. The van der Waals surface area contributed by atoms with Crippen LogP contribution in [0.15, 0.2) is 48.5 Å². The molecule has 0 radical (unpaired) electrons. The molecule has 2 aromatic rings. The maximum absolute atomic E-state index is 12.8. The Bertz CT molecular complexity index is 845. The number of rotatable bonds is 6. The lowest BCUT2D eigenvalue weighted by Gasteiger charge is -2.30. The second kappa shape index (κ2) is 9.45. The first-order valence-corrected chi connectivity index (χ1v) is 9.89.